The molecule has 1 heterocycles. The zero-order valence-electron chi connectivity index (χ0n) is 10.7. The Morgan fingerprint density at radius 1 is 1.62 bits per heavy atom. The monoisotopic (exact) mass is 227 g/mol. The first-order chi connectivity index (χ1) is 7.21. The minimum atomic E-state index is -0.708. The summed E-state index contributed by atoms with van der Waals surface area (Å²) in [7, 11) is 0. The molecule has 0 saturated carbocycles. The Kier molecular flexibility index (Phi) is 3.31. The third-order valence-electron chi connectivity index (χ3n) is 3.57. The van der Waals surface area contributed by atoms with E-state index < -0.39 is 11.0 Å². The molecule has 1 rings (SSSR count). The van der Waals surface area contributed by atoms with Crippen LogP contribution < -0.4 is 5.32 Å². The molecule has 0 aromatic heterocycles. The van der Waals surface area contributed by atoms with E-state index in [0.29, 0.717) is 0 Å². The highest BCUT2D eigenvalue weighted by Gasteiger charge is 2.45. The number of hydrogen-bond acceptors (Lipinski definition) is 3. The summed E-state index contributed by atoms with van der Waals surface area (Å²) >= 11 is 0. The maximum Gasteiger partial charge on any atom is 0.312 e. The fourth-order valence-electron chi connectivity index (χ4n) is 1.54. The van der Waals surface area contributed by atoms with Gasteiger partial charge in [0.25, 0.3) is 0 Å². The van der Waals surface area contributed by atoms with Crippen molar-refractivity contribution in [3.63, 3.8) is 0 Å². The standard InChI is InChI=1S/C12H21NO3/c1-6-11(3,4)10(15)16-12(5)7-9(14)13-8(12)2/h8H,6-7H2,1-5H3,(H,13,14). The number of rotatable bonds is 3. The molecule has 1 amide bonds. The molecular formula is C12H21NO3. The van der Waals surface area contributed by atoms with Crippen molar-refractivity contribution in [3.8, 4) is 0 Å². The molecule has 0 bridgehead atoms. The predicted molar refractivity (Wildman–Crippen MR) is 60.8 cm³/mol. The normalized spacial score (nSPS) is 30.1. The summed E-state index contributed by atoms with van der Waals surface area (Å²) in [4.78, 5) is 23.2. The molecule has 1 fully saturated rings. The second-order valence-electron chi connectivity index (χ2n) is 5.41. The zero-order valence-corrected chi connectivity index (χ0v) is 10.7. The van der Waals surface area contributed by atoms with Gasteiger partial charge < -0.3 is 10.1 Å². The number of amides is 1. The van der Waals surface area contributed by atoms with Crippen molar-refractivity contribution in [2.45, 2.75) is 59.1 Å². The van der Waals surface area contributed by atoms with Gasteiger partial charge in [-0.15, -0.1) is 0 Å². The first-order valence-electron chi connectivity index (χ1n) is 5.74. The van der Waals surface area contributed by atoms with Crippen molar-refractivity contribution in [2.75, 3.05) is 0 Å². The van der Waals surface area contributed by atoms with Gasteiger partial charge in [0.1, 0.15) is 5.60 Å². The van der Waals surface area contributed by atoms with Crippen LogP contribution in [0.25, 0.3) is 0 Å². The average Bonchev–Trinajstić information content (AvgIpc) is 2.40. The number of esters is 1. The maximum absolute atomic E-state index is 11.9. The Labute approximate surface area is 96.7 Å². The number of carbonyl (C=O) groups is 2. The van der Waals surface area contributed by atoms with Gasteiger partial charge in [-0.3, -0.25) is 9.59 Å². The molecule has 1 aliphatic heterocycles. The van der Waals surface area contributed by atoms with E-state index in [1.807, 2.05) is 27.7 Å². The molecule has 1 N–H and O–H groups in total. The van der Waals surface area contributed by atoms with Crippen LogP contribution in [-0.2, 0) is 14.3 Å². The van der Waals surface area contributed by atoms with Gasteiger partial charge in [0.2, 0.25) is 5.91 Å². The number of carbonyl (C=O) groups excluding carboxylic acids is 2. The third kappa shape index (κ3) is 2.36. The summed E-state index contributed by atoms with van der Waals surface area (Å²) < 4.78 is 5.51. The average molecular weight is 227 g/mol. The van der Waals surface area contributed by atoms with Crippen LogP contribution in [0.15, 0.2) is 0 Å². The van der Waals surface area contributed by atoms with E-state index in [2.05, 4.69) is 5.32 Å². The third-order valence-corrected chi connectivity index (χ3v) is 3.57. The van der Waals surface area contributed by atoms with Crippen molar-refractivity contribution in [3.05, 3.63) is 0 Å². The summed E-state index contributed by atoms with van der Waals surface area (Å²) in [6, 6.07) is -0.128. The first-order valence-corrected chi connectivity index (χ1v) is 5.74. The van der Waals surface area contributed by atoms with Crippen LogP contribution in [0.2, 0.25) is 0 Å². The predicted octanol–water partition coefficient (Wildman–Crippen LogP) is 1.63. The first kappa shape index (κ1) is 13.0. The van der Waals surface area contributed by atoms with E-state index in [1.54, 1.807) is 6.92 Å². The highest BCUT2D eigenvalue weighted by Crippen LogP contribution is 2.31. The summed E-state index contributed by atoms with van der Waals surface area (Å²) in [5.74, 6) is -0.294. The van der Waals surface area contributed by atoms with Gasteiger partial charge in [-0.05, 0) is 34.1 Å². The largest absolute Gasteiger partial charge is 0.456 e. The minimum absolute atomic E-state index is 0.0582. The van der Waals surface area contributed by atoms with Gasteiger partial charge in [-0.1, -0.05) is 6.92 Å². The Morgan fingerprint density at radius 3 is 2.56 bits per heavy atom. The highest BCUT2D eigenvalue weighted by molar-refractivity contribution is 5.82. The van der Waals surface area contributed by atoms with Crippen LogP contribution in [0.1, 0.15) is 47.5 Å². The van der Waals surface area contributed by atoms with Gasteiger partial charge in [-0.2, -0.15) is 0 Å². The smallest absolute Gasteiger partial charge is 0.312 e. The zero-order chi connectivity index (χ0) is 12.6. The summed E-state index contributed by atoms with van der Waals surface area (Å²) in [6.45, 7) is 9.32. The van der Waals surface area contributed by atoms with Gasteiger partial charge >= 0.3 is 5.97 Å². The summed E-state index contributed by atoms with van der Waals surface area (Å²) in [5, 5.41) is 2.77. The van der Waals surface area contributed by atoms with E-state index >= 15 is 0 Å². The molecule has 0 aromatic carbocycles. The number of hydrogen-bond donors (Lipinski definition) is 1. The quantitative estimate of drug-likeness (QED) is 0.746. The second-order valence-corrected chi connectivity index (χ2v) is 5.41. The lowest BCUT2D eigenvalue weighted by molar-refractivity contribution is -0.169. The second kappa shape index (κ2) is 4.07. The van der Waals surface area contributed by atoms with Crippen molar-refractivity contribution >= 4 is 11.9 Å². The van der Waals surface area contributed by atoms with Crippen LogP contribution in [0.4, 0.5) is 0 Å². The van der Waals surface area contributed by atoms with Crippen molar-refractivity contribution < 1.29 is 14.3 Å². The van der Waals surface area contributed by atoms with E-state index in [9.17, 15) is 9.59 Å². The van der Waals surface area contributed by atoms with Gasteiger partial charge in [0, 0.05) is 0 Å². The lowest BCUT2D eigenvalue weighted by atomic mass is 9.89. The molecule has 92 valence electrons. The molecule has 0 aliphatic carbocycles. The van der Waals surface area contributed by atoms with Crippen LogP contribution in [0.3, 0.4) is 0 Å². The minimum Gasteiger partial charge on any atom is -0.456 e. The molecule has 0 radical (unpaired) electrons. The molecule has 1 aliphatic rings. The lowest BCUT2D eigenvalue weighted by Gasteiger charge is -2.32. The van der Waals surface area contributed by atoms with Crippen molar-refractivity contribution in [2.24, 2.45) is 5.41 Å². The number of ether oxygens (including phenoxy) is 1. The van der Waals surface area contributed by atoms with Gasteiger partial charge in [0.15, 0.2) is 0 Å². The topological polar surface area (TPSA) is 55.4 Å². The van der Waals surface area contributed by atoms with Crippen LogP contribution >= 0.6 is 0 Å². The Hall–Kier alpha value is -1.06. The molecule has 4 nitrogen and oxygen atoms in total. The highest BCUT2D eigenvalue weighted by atomic mass is 16.6. The summed E-state index contributed by atoms with van der Waals surface area (Å²) in [5.41, 5.74) is -1.20. The molecule has 2 unspecified atom stereocenters. The van der Waals surface area contributed by atoms with Crippen LogP contribution in [0.5, 0.6) is 0 Å². The van der Waals surface area contributed by atoms with E-state index in [4.69, 9.17) is 4.74 Å². The molecular weight excluding hydrogens is 206 g/mol. The SMILES string of the molecule is CCC(C)(C)C(=O)OC1(C)CC(=O)NC1C. The molecule has 0 spiro atoms. The van der Waals surface area contributed by atoms with E-state index in [1.165, 1.54) is 0 Å². The lowest BCUT2D eigenvalue weighted by Crippen LogP contribution is -2.44. The van der Waals surface area contributed by atoms with Crippen LogP contribution in [0, 0.1) is 5.41 Å². The summed E-state index contributed by atoms with van der Waals surface area (Å²) in [6.07, 6.45) is 0.970. The maximum atomic E-state index is 11.9. The molecule has 16 heavy (non-hydrogen) atoms. The molecule has 2 atom stereocenters. The molecule has 0 aromatic rings. The molecule has 1 saturated heterocycles. The van der Waals surface area contributed by atoms with Gasteiger partial charge in [-0.25, -0.2) is 0 Å². The van der Waals surface area contributed by atoms with E-state index in [-0.39, 0.29) is 24.3 Å². The van der Waals surface area contributed by atoms with E-state index in [0.717, 1.165) is 6.42 Å². The Morgan fingerprint density at radius 2 is 2.19 bits per heavy atom. The Balaban J connectivity index is 2.74. The van der Waals surface area contributed by atoms with Crippen LogP contribution in [-0.4, -0.2) is 23.5 Å². The number of nitrogens with one attached hydrogen (secondary N) is 1. The fourth-order valence-corrected chi connectivity index (χ4v) is 1.54. The van der Waals surface area contributed by atoms with Crippen molar-refractivity contribution in [1.29, 1.82) is 0 Å². The fraction of sp³-hybridized carbons (Fsp3) is 0.833. The van der Waals surface area contributed by atoms with Crippen molar-refractivity contribution in [1.82, 2.24) is 5.32 Å². The Bertz CT molecular complexity index is 311. The molecule has 4 heteroatoms. The van der Waals surface area contributed by atoms with Gasteiger partial charge in [0.05, 0.1) is 17.9 Å².